The van der Waals surface area contributed by atoms with Gasteiger partial charge in [-0.3, -0.25) is 0 Å². The summed E-state index contributed by atoms with van der Waals surface area (Å²) in [6.07, 6.45) is 30.2. The second-order valence-electron chi connectivity index (χ2n) is 14.6. The van der Waals surface area contributed by atoms with E-state index in [1.165, 1.54) is 136 Å². The molecule has 0 spiro atoms. The Hall–Kier alpha value is -4.04. The number of unbranched alkanes of at least 4 members (excludes halogenated alkanes) is 12. The maximum Gasteiger partial charge on any atom is 0.118 e. The summed E-state index contributed by atoms with van der Waals surface area (Å²) in [6, 6.07) is 31.2. The van der Waals surface area contributed by atoms with Crippen LogP contribution in [0.1, 0.15) is 150 Å². The summed E-state index contributed by atoms with van der Waals surface area (Å²) in [4.78, 5) is 0. The number of benzene rings is 4. The van der Waals surface area contributed by atoms with Gasteiger partial charge in [0.1, 0.15) is 11.5 Å². The summed E-state index contributed by atoms with van der Waals surface area (Å²) in [6.45, 7) is 4.62. The molecule has 1 aliphatic rings. The van der Waals surface area contributed by atoms with Gasteiger partial charge in [-0.05, 0) is 81.6 Å². The summed E-state index contributed by atoms with van der Waals surface area (Å²) < 4.78 is 10.8. The Morgan fingerprint density at radius 3 is 1.12 bits per heavy atom. The molecular weight excluding hydrogens is 621 g/mol. The molecule has 0 aromatic heterocycles. The molecule has 0 heterocycles. The van der Waals surface area contributed by atoms with Crippen molar-refractivity contribution in [1.82, 2.24) is 0 Å². The second-order valence-corrected chi connectivity index (χ2v) is 14.6. The van der Waals surface area contributed by atoms with E-state index in [4.69, 9.17) is 9.47 Å². The largest absolute Gasteiger partial charge is 0.497 e. The third kappa shape index (κ3) is 10.5. The van der Waals surface area contributed by atoms with Gasteiger partial charge < -0.3 is 9.47 Å². The van der Waals surface area contributed by atoms with E-state index in [2.05, 4.69) is 98.8 Å². The Balaban J connectivity index is 1.48. The van der Waals surface area contributed by atoms with Gasteiger partial charge in [-0.2, -0.15) is 0 Å². The Morgan fingerprint density at radius 1 is 0.412 bits per heavy atom. The monoisotopic (exact) mass is 682 g/mol. The number of ether oxygens (including phenoxy) is 2. The highest BCUT2D eigenvalue weighted by Crippen LogP contribution is 2.55. The topological polar surface area (TPSA) is 18.5 Å². The lowest BCUT2D eigenvalue weighted by Crippen LogP contribution is -2.25. The van der Waals surface area contributed by atoms with Crippen LogP contribution in [0.2, 0.25) is 0 Å². The molecule has 0 unspecified atom stereocenters. The van der Waals surface area contributed by atoms with Crippen LogP contribution >= 0.6 is 0 Å². The van der Waals surface area contributed by atoms with E-state index >= 15 is 0 Å². The van der Waals surface area contributed by atoms with Crippen LogP contribution < -0.4 is 9.47 Å². The number of hydrogen-bond acceptors (Lipinski definition) is 2. The molecule has 0 bridgehead atoms. The number of hydrogen-bond donors (Lipinski definition) is 0. The van der Waals surface area contributed by atoms with Gasteiger partial charge in [0.15, 0.2) is 0 Å². The first kappa shape index (κ1) is 38.2. The number of rotatable bonds is 22. The van der Waals surface area contributed by atoms with E-state index in [1.54, 1.807) is 25.3 Å². The molecule has 0 saturated heterocycles. The zero-order valence-electron chi connectivity index (χ0n) is 32.0. The van der Waals surface area contributed by atoms with Gasteiger partial charge in [-0.1, -0.05) is 189 Å². The van der Waals surface area contributed by atoms with E-state index in [-0.39, 0.29) is 5.41 Å². The van der Waals surface area contributed by atoms with Crippen LogP contribution in [0.5, 0.6) is 11.5 Å². The van der Waals surface area contributed by atoms with Crippen molar-refractivity contribution >= 4 is 24.3 Å². The van der Waals surface area contributed by atoms with Crippen molar-refractivity contribution in [3.8, 4) is 22.6 Å². The molecule has 0 aliphatic heterocycles. The highest BCUT2D eigenvalue weighted by molar-refractivity contribution is 5.85. The molecule has 0 fully saturated rings. The van der Waals surface area contributed by atoms with Crippen LogP contribution in [0.15, 0.2) is 84.9 Å². The zero-order valence-corrected chi connectivity index (χ0v) is 32.0. The fraction of sp³-hybridized carbons (Fsp3) is 0.429. The third-order valence-corrected chi connectivity index (χ3v) is 11.0. The van der Waals surface area contributed by atoms with E-state index < -0.39 is 0 Å². The minimum atomic E-state index is 0.0332. The highest BCUT2D eigenvalue weighted by atomic mass is 16.5. The van der Waals surface area contributed by atoms with Gasteiger partial charge in [0, 0.05) is 5.41 Å². The van der Waals surface area contributed by atoms with Gasteiger partial charge in [0.25, 0.3) is 0 Å². The summed E-state index contributed by atoms with van der Waals surface area (Å²) in [5.74, 6) is 1.78. The minimum absolute atomic E-state index is 0.0332. The first-order valence-electron chi connectivity index (χ1n) is 20.0. The molecule has 0 amide bonds. The fourth-order valence-corrected chi connectivity index (χ4v) is 7.98. The molecule has 2 heteroatoms. The number of fused-ring (bicyclic) bond motifs is 3. The van der Waals surface area contributed by atoms with Crippen LogP contribution in [0.25, 0.3) is 35.4 Å². The molecular formula is C49H62O2. The minimum Gasteiger partial charge on any atom is -0.497 e. The lowest BCUT2D eigenvalue weighted by molar-refractivity contribution is 0.397. The SMILES string of the molecule is CCCCCCCCCC1(CCCCCCCCC)c2cc(/C=C/c3ccc(OC)cc3)ccc2-c2ccc(/C=C/c3ccc(OC)cc3)cc21. The molecule has 5 rings (SSSR count). The highest BCUT2D eigenvalue weighted by Gasteiger charge is 2.42. The van der Waals surface area contributed by atoms with Gasteiger partial charge in [-0.15, -0.1) is 0 Å². The van der Waals surface area contributed by atoms with Crippen molar-refractivity contribution in [2.24, 2.45) is 0 Å². The predicted octanol–water partition coefficient (Wildman–Crippen LogP) is 14.6. The number of methoxy groups -OCH3 is 2. The summed E-state index contributed by atoms with van der Waals surface area (Å²) in [5, 5.41) is 0. The van der Waals surface area contributed by atoms with Crippen molar-refractivity contribution in [2.45, 2.75) is 122 Å². The average molecular weight is 683 g/mol. The lowest BCUT2D eigenvalue weighted by Gasteiger charge is -2.33. The van der Waals surface area contributed by atoms with Crippen LogP contribution in [-0.2, 0) is 5.41 Å². The smallest absolute Gasteiger partial charge is 0.118 e. The van der Waals surface area contributed by atoms with Crippen molar-refractivity contribution in [2.75, 3.05) is 14.2 Å². The van der Waals surface area contributed by atoms with Gasteiger partial charge in [0.2, 0.25) is 0 Å². The third-order valence-electron chi connectivity index (χ3n) is 11.0. The van der Waals surface area contributed by atoms with Crippen molar-refractivity contribution < 1.29 is 9.47 Å². The Labute approximate surface area is 310 Å². The van der Waals surface area contributed by atoms with Crippen molar-refractivity contribution in [3.05, 3.63) is 118 Å². The molecule has 51 heavy (non-hydrogen) atoms. The Bertz CT molecular complexity index is 1550. The van der Waals surface area contributed by atoms with E-state index in [0.29, 0.717) is 0 Å². The molecule has 270 valence electrons. The second kappa shape index (κ2) is 20.1. The zero-order chi connectivity index (χ0) is 35.7. The van der Waals surface area contributed by atoms with Gasteiger partial charge >= 0.3 is 0 Å². The van der Waals surface area contributed by atoms with E-state index in [0.717, 1.165) is 11.5 Å². The summed E-state index contributed by atoms with van der Waals surface area (Å²) in [7, 11) is 3.44. The quantitative estimate of drug-likeness (QED) is 0.0607. The standard InChI is InChI=1S/C49H62O2/c1-5-7-9-11-13-15-17-35-49(36-18-16-14-12-10-8-6-2)47-37-41(21-19-39-23-29-43(50-3)30-24-39)27-33-45(47)46-34-28-42(38-48(46)49)22-20-40-25-31-44(51-4)32-26-40/h19-34,37-38H,5-18,35-36H2,1-4H3/b21-19+,22-20+. The van der Waals surface area contributed by atoms with Crippen LogP contribution in [0.4, 0.5) is 0 Å². The lowest BCUT2D eigenvalue weighted by atomic mass is 9.70. The van der Waals surface area contributed by atoms with Gasteiger partial charge in [-0.25, -0.2) is 0 Å². The fourth-order valence-electron chi connectivity index (χ4n) is 7.98. The molecule has 0 N–H and O–H groups in total. The molecule has 4 aromatic rings. The Morgan fingerprint density at radius 2 is 0.745 bits per heavy atom. The van der Waals surface area contributed by atoms with Crippen molar-refractivity contribution in [3.63, 3.8) is 0 Å². The van der Waals surface area contributed by atoms with E-state index in [9.17, 15) is 0 Å². The van der Waals surface area contributed by atoms with Crippen molar-refractivity contribution in [1.29, 1.82) is 0 Å². The predicted molar refractivity (Wildman–Crippen MR) is 222 cm³/mol. The maximum absolute atomic E-state index is 5.39. The van der Waals surface area contributed by atoms with Crippen LogP contribution in [0, 0.1) is 0 Å². The van der Waals surface area contributed by atoms with E-state index in [1.807, 2.05) is 24.3 Å². The molecule has 0 saturated carbocycles. The molecule has 0 radical (unpaired) electrons. The molecule has 4 aromatic carbocycles. The van der Waals surface area contributed by atoms with Crippen LogP contribution in [-0.4, -0.2) is 14.2 Å². The normalized spacial score (nSPS) is 13.2. The first-order chi connectivity index (χ1) is 25.1. The first-order valence-corrected chi connectivity index (χ1v) is 20.0. The molecule has 2 nitrogen and oxygen atoms in total. The van der Waals surface area contributed by atoms with Crippen LogP contribution in [0.3, 0.4) is 0 Å². The Kier molecular flexibility index (Phi) is 15.1. The summed E-state index contributed by atoms with van der Waals surface area (Å²) >= 11 is 0. The molecule has 0 atom stereocenters. The van der Waals surface area contributed by atoms with Gasteiger partial charge in [0.05, 0.1) is 14.2 Å². The summed E-state index contributed by atoms with van der Waals surface area (Å²) in [5.41, 5.74) is 10.9. The molecule has 1 aliphatic carbocycles. The maximum atomic E-state index is 5.39. The average Bonchev–Trinajstić information content (AvgIpc) is 3.44.